The van der Waals surface area contributed by atoms with Crippen LogP contribution in [0.4, 0.5) is 0 Å². The molecule has 5 nitrogen and oxygen atoms in total. The summed E-state index contributed by atoms with van der Waals surface area (Å²) in [5.74, 6) is 0.146. The normalized spacial score (nSPS) is 11.9. The molecule has 2 N–H and O–H groups in total. The average molecular weight is 257 g/mol. The molecule has 0 bridgehead atoms. The van der Waals surface area contributed by atoms with Crippen LogP contribution in [0.1, 0.15) is 18.5 Å². The van der Waals surface area contributed by atoms with Gasteiger partial charge in [0.2, 0.25) is 10.0 Å². The minimum atomic E-state index is -3.19. The number of nitrogens with two attached hydrogens (primary N) is 1. The molecule has 0 aromatic carbocycles. The monoisotopic (exact) mass is 257 g/mol. The Balaban J connectivity index is 2.54. The first-order valence-corrected chi connectivity index (χ1v) is 7.21. The quantitative estimate of drug-likeness (QED) is 0.725. The molecule has 0 unspecified atom stereocenters. The summed E-state index contributed by atoms with van der Waals surface area (Å²) in [5, 5.41) is 0. The molecule has 0 aliphatic carbocycles. The Hall–Kier alpha value is -0.980. The molecule has 1 heterocycles. The summed E-state index contributed by atoms with van der Waals surface area (Å²) in [6, 6.07) is 5.46. The van der Waals surface area contributed by atoms with E-state index in [9.17, 15) is 8.42 Å². The second-order valence-corrected chi connectivity index (χ2v) is 6.08. The van der Waals surface area contributed by atoms with Gasteiger partial charge in [0.05, 0.1) is 18.0 Å². The topological polar surface area (TPSA) is 76.3 Å². The molecule has 0 saturated heterocycles. The lowest BCUT2D eigenvalue weighted by atomic mass is 10.3. The predicted octanol–water partition coefficient (Wildman–Crippen LogP) is 0.582. The van der Waals surface area contributed by atoms with Crippen LogP contribution in [0.3, 0.4) is 0 Å². The number of hydrogen-bond acceptors (Lipinski definition) is 4. The van der Waals surface area contributed by atoms with Crippen molar-refractivity contribution < 1.29 is 8.42 Å². The number of unbranched alkanes of at least 4 members (excludes halogenated alkanes) is 1. The Morgan fingerprint density at radius 1 is 1.35 bits per heavy atom. The second-order valence-electron chi connectivity index (χ2n) is 3.89. The minimum absolute atomic E-state index is 0.146. The number of rotatable bonds is 7. The van der Waals surface area contributed by atoms with Crippen molar-refractivity contribution in [2.45, 2.75) is 19.4 Å². The molecule has 0 amide bonds. The Bertz CT molecular complexity index is 420. The SMILES string of the molecule is CN(Cc1ccccn1)S(=O)(=O)CCCCN. The molecule has 0 atom stereocenters. The molecular formula is C11H19N3O2S. The van der Waals surface area contributed by atoms with Crippen LogP contribution < -0.4 is 5.73 Å². The van der Waals surface area contributed by atoms with Crippen LogP contribution in [0.5, 0.6) is 0 Å². The van der Waals surface area contributed by atoms with E-state index in [4.69, 9.17) is 5.73 Å². The van der Waals surface area contributed by atoms with Crippen LogP contribution in [-0.2, 0) is 16.6 Å². The van der Waals surface area contributed by atoms with Gasteiger partial charge in [-0.2, -0.15) is 4.31 Å². The van der Waals surface area contributed by atoms with E-state index in [-0.39, 0.29) is 5.75 Å². The minimum Gasteiger partial charge on any atom is -0.330 e. The Kier molecular flexibility index (Phi) is 5.54. The average Bonchev–Trinajstić information content (AvgIpc) is 2.30. The fourth-order valence-corrected chi connectivity index (χ4v) is 2.61. The summed E-state index contributed by atoms with van der Waals surface area (Å²) < 4.78 is 25.1. The summed E-state index contributed by atoms with van der Waals surface area (Å²) in [7, 11) is -1.62. The van der Waals surface area contributed by atoms with E-state index in [0.717, 1.165) is 12.1 Å². The first-order chi connectivity index (χ1) is 8.06. The highest BCUT2D eigenvalue weighted by Gasteiger charge is 2.17. The van der Waals surface area contributed by atoms with Crippen molar-refractivity contribution in [1.29, 1.82) is 0 Å². The van der Waals surface area contributed by atoms with Crippen LogP contribution >= 0.6 is 0 Å². The predicted molar refractivity (Wildman–Crippen MR) is 67.8 cm³/mol. The molecular weight excluding hydrogens is 238 g/mol. The smallest absolute Gasteiger partial charge is 0.214 e. The lowest BCUT2D eigenvalue weighted by Gasteiger charge is -2.16. The third-order valence-electron chi connectivity index (χ3n) is 2.44. The number of hydrogen-bond donors (Lipinski definition) is 1. The molecule has 6 heteroatoms. The van der Waals surface area contributed by atoms with Gasteiger partial charge in [-0.3, -0.25) is 4.98 Å². The van der Waals surface area contributed by atoms with Gasteiger partial charge in [-0.25, -0.2) is 8.42 Å². The van der Waals surface area contributed by atoms with Gasteiger partial charge in [-0.15, -0.1) is 0 Å². The molecule has 17 heavy (non-hydrogen) atoms. The molecule has 0 fully saturated rings. The Morgan fingerprint density at radius 3 is 2.71 bits per heavy atom. The van der Waals surface area contributed by atoms with Crippen LogP contribution in [0.2, 0.25) is 0 Å². The lowest BCUT2D eigenvalue weighted by molar-refractivity contribution is 0.460. The van der Waals surface area contributed by atoms with E-state index in [1.54, 1.807) is 19.3 Å². The molecule has 0 aliphatic rings. The fraction of sp³-hybridized carbons (Fsp3) is 0.545. The summed E-state index contributed by atoms with van der Waals surface area (Å²) in [5.41, 5.74) is 6.09. The summed E-state index contributed by atoms with van der Waals surface area (Å²) >= 11 is 0. The third-order valence-corrected chi connectivity index (χ3v) is 4.33. The third kappa shape index (κ3) is 4.80. The highest BCUT2D eigenvalue weighted by Crippen LogP contribution is 2.06. The molecule has 96 valence electrons. The van der Waals surface area contributed by atoms with Gasteiger partial charge in [0.1, 0.15) is 0 Å². The molecule has 0 spiro atoms. The zero-order chi connectivity index (χ0) is 12.7. The largest absolute Gasteiger partial charge is 0.330 e. The number of aromatic nitrogens is 1. The fourth-order valence-electron chi connectivity index (χ4n) is 1.40. The van der Waals surface area contributed by atoms with Gasteiger partial charge in [0.15, 0.2) is 0 Å². The highest BCUT2D eigenvalue weighted by molar-refractivity contribution is 7.89. The summed E-state index contributed by atoms with van der Waals surface area (Å²) in [4.78, 5) is 4.10. The molecule has 1 aromatic heterocycles. The highest BCUT2D eigenvalue weighted by atomic mass is 32.2. The maximum absolute atomic E-state index is 11.9. The number of pyridine rings is 1. The van der Waals surface area contributed by atoms with Crippen LogP contribution in [0, 0.1) is 0 Å². The van der Waals surface area contributed by atoms with E-state index in [0.29, 0.717) is 19.5 Å². The maximum atomic E-state index is 11.9. The molecule has 0 saturated carbocycles. The van der Waals surface area contributed by atoms with Crippen molar-refractivity contribution in [2.75, 3.05) is 19.3 Å². The van der Waals surface area contributed by atoms with Gasteiger partial charge in [-0.1, -0.05) is 6.07 Å². The van der Waals surface area contributed by atoms with Crippen molar-refractivity contribution in [3.05, 3.63) is 30.1 Å². The van der Waals surface area contributed by atoms with Gasteiger partial charge < -0.3 is 5.73 Å². The first-order valence-electron chi connectivity index (χ1n) is 5.60. The molecule has 0 aliphatic heterocycles. The zero-order valence-electron chi connectivity index (χ0n) is 10.0. The zero-order valence-corrected chi connectivity index (χ0v) is 10.9. The Labute approximate surface area is 103 Å². The van der Waals surface area contributed by atoms with Crippen molar-refractivity contribution >= 4 is 10.0 Å². The van der Waals surface area contributed by atoms with Crippen LogP contribution in [0.15, 0.2) is 24.4 Å². The van der Waals surface area contributed by atoms with Crippen molar-refractivity contribution in [1.82, 2.24) is 9.29 Å². The standard InChI is InChI=1S/C11H19N3O2S/c1-14(10-11-6-2-4-8-13-11)17(15,16)9-5-3-7-12/h2,4,6,8H,3,5,7,9-10,12H2,1H3. The van der Waals surface area contributed by atoms with Gasteiger partial charge >= 0.3 is 0 Å². The lowest BCUT2D eigenvalue weighted by Crippen LogP contribution is -2.29. The first kappa shape index (κ1) is 14.1. The van der Waals surface area contributed by atoms with E-state index in [1.807, 2.05) is 12.1 Å². The summed E-state index contributed by atoms with van der Waals surface area (Å²) in [6.07, 6.45) is 2.99. The van der Waals surface area contributed by atoms with Crippen LogP contribution in [0.25, 0.3) is 0 Å². The summed E-state index contributed by atoms with van der Waals surface area (Å²) in [6.45, 7) is 0.839. The Morgan fingerprint density at radius 2 is 2.12 bits per heavy atom. The van der Waals surface area contributed by atoms with E-state index >= 15 is 0 Å². The van der Waals surface area contributed by atoms with E-state index in [2.05, 4.69) is 4.98 Å². The van der Waals surface area contributed by atoms with Gasteiger partial charge in [0, 0.05) is 13.2 Å². The molecule has 1 aromatic rings. The number of nitrogens with zero attached hydrogens (tertiary/aromatic N) is 2. The number of sulfonamides is 1. The van der Waals surface area contributed by atoms with Crippen molar-refractivity contribution in [2.24, 2.45) is 5.73 Å². The molecule has 1 rings (SSSR count). The maximum Gasteiger partial charge on any atom is 0.214 e. The van der Waals surface area contributed by atoms with Gasteiger partial charge in [0.25, 0.3) is 0 Å². The van der Waals surface area contributed by atoms with E-state index in [1.165, 1.54) is 4.31 Å². The second kappa shape index (κ2) is 6.68. The van der Waals surface area contributed by atoms with Gasteiger partial charge in [-0.05, 0) is 31.5 Å². The van der Waals surface area contributed by atoms with Crippen LogP contribution in [-0.4, -0.2) is 37.1 Å². The van der Waals surface area contributed by atoms with Crippen molar-refractivity contribution in [3.63, 3.8) is 0 Å². The van der Waals surface area contributed by atoms with E-state index < -0.39 is 10.0 Å². The molecule has 0 radical (unpaired) electrons. The van der Waals surface area contributed by atoms with Crippen molar-refractivity contribution in [3.8, 4) is 0 Å².